The van der Waals surface area contributed by atoms with Gasteiger partial charge in [0.05, 0.1) is 0 Å². The van der Waals surface area contributed by atoms with Crippen LogP contribution in [0.5, 0.6) is 5.75 Å². The average molecular weight is 261 g/mol. The molecule has 0 amide bonds. The molecule has 0 aliphatic heterocycles. The summed E-state index contributed by atoms with van der Waals surface area (Å²) in [6.07, 6.45) is 0. The molecule has 2 aromatic carbocycles. The van der Waals surface area contributed by atoms with Gasteiger partial charge >= 0.3 is 0 Å². The highest BCUT2D eigenvalue weighted by Crippen LogP contribution is 2.17. The van der Waals surface area contributed by atoms with Gasteiger partial charge in [-0.15, -0.1) is 0 Å². The van der Waals surface area contributed by atoms with Crippen LogP contribution in [-0.2, 0) is 11.4 Å². The maximum atomic E-state index is 12.1. The van der Waals surface area contributed by atoms with Gasteiger partial charge in [0.2, 0.25) is 0 Å². The molecule has 2 aromatic rings. The molecule has 1 unspecified atom stereocenters. The summed E-state index contributed by atoms with van der Waals surface area (Å²) >= 11 is -2.64. The Labute approximate surface area is 107 Å². The Morgan fingerprint density at radius 3 is 2.33 bits per heavy atom. The summed E-state index contributed by atoms with van der Waals surface area (Å²) in [7, 11) is 0. The van der Waals surface area contributed by atoms with Crippen molar-refractivity contribution < 1.29 is 17.7 Å². The van der Waals surface area contributed by atoms with Crippen LogP contribution in [-0.4, -0.2) is 14.5 Å². The van der Waals surface area contributed by atoms with Crippen molar-refractivity contribution in [2.24, 2.45) is 0 Å². The molecule has 0 saturated carbocycles. The van der Waals surface area contributed by atoms with Crippen LogP contribution in [0.25, 0.3) is 0 Å². The quantitative estimate of drug-likeness (QED) is 0.624. The van der Waals surface area contributed by atoms with E-state index < -0.39 is 11.4 Å². The highest BCUT2D eigenvalue weighted by molar-refractivity contribution is 7.74. The predicted molar refractivity (Wildman–Crippen MR) is 65.9 cm³/mol. The molecular weight excluding hydrogens is 252 g/mol. The number of ketones is 1. The van der Waals surface area contributed by atoms with E-state index in [-0.39, 0.29) is 11.5 Å². The summed E-state index contributed by atoms with van der Waals surface area (Å²) < 4.78 is 25.3. The van der Waals surface area contributed by atoms with Gasteiger partial charge in [0.25, 0.3) is 0 Å². The van der Waals surface area contributed by atoms with Gasteiger partial charge in [0, 0.05) is 11.1 Å². The van der Waals surface area contributed by atoms with E-state index in [0.29, 0.717) is 11.1 Å². The van der Waals surface area contributed by atoms with Gasteiger partial charge in [-0.1, -0.05) is 42.5 Å². The first-order valence-electron chi connectivity index (χ1n) is 5.14. The molecule has 2 rings (SSSR count). The van der Waals surface area contributed by atoms with Gasteiger partial charge in [0.1, 0.15) is 17.1 Å². The Hall–Kier alpha value is -1.98. The summed E-state index contributed by atoms with van der Waals surface area (Å²) in [4.78, 5) is 12.1. The summed E-state index contributed by atoms with van der Waals surface area (Å²) in [5.74, 6) is -0.0668. The van der Waals surface area contributed by atoms with Crippen LogP contribution in [0.1, 0.15) is 15.9 Å². The van der Waals surface area contributed by atoms with Gasteiger partial charge in [-0.2, -0.15) is 0 Å². The third-order valence-corrected chi connectivity index (χ3v) is 2.63. The van der Waals surface area contributed by atoms with E-state index in [4.69, 9.17) is 0 Å². The lowest BCUT2D eigenvalue weighted by Crippen LogP contribution is -2.03. The van der Waals surface area contributed by atoms with E-state index >= 15 is 0 Å². The third-order valence-electron chi connectivity index (χ3n) is 2.30. The number of rotatable bonds is 4. The number of hydrogen-bond acceptors (Lipinski definition) is 4. The van der Waals surface area contributed by atoms with Crippen LogP contribution in [0.3, 0.4) is 0 Å². The van der Waals surface area contributed by atoms with Gasteiger partial charge in [-0.25, -0.2) is 4.21 Å². The Morgan fingerprint density at radius 1 is 1.00 bits per heavy atom. The zero-order valence-corrected chi connectivity index (χ0v) is 10.1. The zero-order chi connectivity index (χ0) is 13.0. The summed E-state index contributed by atoms with van der Waals surface area (Å²) in [5, 5.41) is 0. The first kappa shape index (κ1) is 12.5. The minimum Gasteiger partial charge on any atom is -0.740 e. The fourth-order valence-electron chi connectivity index (χ4n) is 1.52. The van der Waals surface area contributed by atoms with Crippen molar-refractivity contribution in [3.8, 4) is 5.75 Å². The Balaban J connectivity index is 2.29. The van der Waals surface area contributed by atoms with Crippen LogP contribution in [0.4, 0.5) is 0 Å². The van der Waals surface area contributed by atoms with Crippen LogP contribution < -0.4 is 4.18 Å². The van der Waals surface area contributed by atoms with E-state index in [9.17, 15) is 13.6 Å². The molecule has 1 atom stereocenters. The molecular formula is C13H9O4S-. The second-order valence-electron chi connectivity index (χ2n) is 3.51. The van der Waals surface area contributed by atoms with E-state index in [2.05, 4.69) is 4.18 Å². The molecule has 4 nitrogen and oxygen atoms in total. The standard InChI is InChI=1S/C13H10O4S/c14-13(10-5-2-1-3-6-10)11-7-4-8-12(9-11)17-18(15)16/h1-9H,(H,15,16)/p-1. The zero-order valence-electron chi connectivity index (χ0n) is 9.24. The normalized spacial score (nSPS) is 11.8. The number of carbonyl (C=O) groups is 1. The molecule has 18 heavy (non-hydrogen) atoms. The van der Waals surface area contributed by atoms with Crippen molar-refractivity contribution in [2.75, 3.05) is 0 Å². The minimum atomic E-state index is -2.64. The van der Waals surface area contributed by atoms with Crippen LogP contribution >= 0.6 is 0 Å². The summed E-state index contributed by atoms with van der Waals surface area (Å²) in [5.41, 5.74) is 0.919. The van der Waals surface area contributed by atoms with Gasteiger partial charge < -0.3 is 8.74 Å². The average Bonchev–Trinajstić information content (AvgIpc) is 2.38. The van der Waals surface area contributed by atoms with Crippen molar-refractivity contribution >= 4 is 17.1 Å². The molecule has 0 saturated heterocycles. The Bertz CT molecular complexity index is 581. The lowest BCUT2D eigenvalue weighted by atomic mass is 10.0. The molecule has 0 aromatic heterocycles. The number of hydrogen-bond donors (Lipinski definition) is 0. The molecule has 0 fully saturated rings. The first-order chi connectivity index (χ1) is 8.66. The molecule has 92 valence electrons. The van der Waals surface area contributed by atoms with Crippen LogP contribution in [0.15, 0.2) is 54.6 Å². The SMILES string of the molecule is O=C(c1ccccc1)c1cccc(OS(=O)[O-])c1. The molecule has 0 radical (unpaired) electrons. The smallest absolute Gasteiger partial charge is 0.193 e. The highest BCUT2D eigenvalue weighted by Gasteiger charge is 2.09. The molecule has 0 spiro atoms. The Morgan fingerprint density at radius 2 is 1.67 bits per heavy atom. The van der Waals surface area contributed by atoms with E-state index in [1.165, 1.54) is 12.1 Å². The van der Waals surface area contributed by atoms with Crippen molar-refractivity contribution in [3.05, 3.63) is 65.7 Å². The molecule has 0 aliphatic carbocycles. The lowest BCUT2D eigenvalue weighted by molar-refractivity contribution is 0.103. The third kappa shape index (κ3) is 3.03. The first-order valence-corrected chi connectivity index (χ1v) is 6.14. The van der Waals surface area contributed by atoms with Crippen LogP contribution in [0.2, 0.25) is 0 Å². The fraction of sp³-hybridized carbons (Fsp3) is 0. The van der Waals surface area contributed by atoms with Crippen LogP contribution in [0, 0.1) is 0 Å². The van der Waals surface area contributed by atoms with Crippen molar-refractivity contribution in [1.82, 2.24) is 0 Å². The second kappa shape index (κ2) is 5.57. The Kier molecular flexibility index (Phi) is 3.86. The van der Waals surface area contributed by atoms with Gasteiger partial charge in [0.15, 0.2) is 5.78 Å². The monoisotopic (exact) mass is 261 g/mol. The summed E-state index contributed by atoms with van der Waals surface area (Å²) in [6, 6.07) is 14.8. The van der Waals surface area contributed by atoms with E-state index in [1.807, 2.05) is 6.07 Å². The molecule has 0 heterocycles. The topological polar surface area (TPSA) is 66.4 Å². The fourth-order valence-corrected chi connectivity index (χ4v) is 1.78. The van der Waals surface area contributed by atoms with Gasteiger partial charge in [-0.3, -0.25) is 4.79 Å². The van der Waals surface area contributed by atoms with Crippen molar-refractivity contribution in [3.63, 3.8) is 0 Å². The maximum absolute atomic E-state index is 12.1. The number of benzene rings is 2. The molecule has 0 N–H and O–H groups in total. The van der Waals surface area contributed by atoms with Gasteiger partial charge in [-0.05, 0) is 12.1 Å². The molecule has 0 bridgehead atoms. The maximum Gasteiger partial charge on any atom is 0.193 e. The highest BCUT2D eigenvalue weighted by atomic mass is 32.2. The van der Waals surface area contributed by atoms with Crippen molar-refractivity contribution in [2.45, 2.75) is 0 Å². The minimum absolute atomic E-state index is 0.116. The summed E-state index contributed by atoms with van der Waals surface area (Å²) in [6.45, 7) is 0. The number of carbonyl (C=O) groups excluding carboxylic acids is 1. The second-order valence-corrected chi connectivity index (χ2v) is 4.09. The van der Waals surface area contributed by atoms with Crippen molar-refractivity contribution in [1.29, 1.82) is 0 Å². The molecule has 0 aliphatic rings. The predicted octanol–water partition coefficient (Wildman–Crippen LogP) is 2.09. The van der Waals surface area contributed by atoms with E-state index in [0.717, 1.165) is 0 Å². The lowest BCUT2D eigenvalue weighted by Gasteiger charge is -2.08. The molecule has 5 heteroatoms. The van der Waals surface area contributed by atoms with E-state index in [1.54, 1.807) is 36.4 Å². The largest absolute Gasteiger partial charge is 0.740 e.